The van der Waals surface area contributed by atoms with Crippen LogP contribution in [0, 0.1) is 5.92 Å². The van der Waals surface area contributed by atoms with Gasteiger partial charge in [-0.25, -0.2) is 0 Å². The molecule has 1 aliphatic carbocycles. The molecule has 1 fully saturated rings. The summed E-state index contributed by atoms with van der Waals surface area (Å²) < 4.78 is 28.6. The molecule has 0 bridgehead atoms. The minimum Gasteiger partial charge on any atom is -0.435 e. The maximum Gasteiger partial charge on any atom is 0.387 e. The van der Waals surface area contributed by atoms with Crippen LogP contribution < -0.4 is 15.8 Å². The highest BCUT2D eigenvalue weighted by Crippen LogP contribution is 2.39. The monoisotopic (exact) mass is 320 g/mol. The van der Waals surface area contributed by atoms with Gasteiger partial charge >= 0.3 is 6.61 Å². The Bertz CT molecular complexity index is 498. The Kier molecular flexibility index (Phi) is 5.92. The van der Waals surface area contributed by atoms with Crippen molar-refractivity contribution in [1.29, 1.82) is 0 Å². The van der Waals surface area contributed by atoms with E-state index in [1.807, 2.05) is 6.92 Å². The molecule has 1 amide bonds. The van der Waals surface area contributed by atoms with Crippen molar-refractivity contribution in [3.8, 4) is 5.75 Å². The van der Waals surface area contributed by atoms with Crippen molar-refractivity contribution in [2.24, 2.45) is 11.7 Å². The zero-order valence-electron chi connectivity index (χ0n) is 11.6. The third-order valence-corrected chi connectivity index (χ3v) is 3.62. The summed E-state index contributed by atoms with van der Waals surface area (Å²) in [7, 11) is 0. The van der Waals surface area contributed by atoms with Gasteiger partial charge in [-0.2, -0.15) is 8.78 Å². The number of amides is 1. The second-order valence-corrected chi connectivity index (χ2v) is 5.26. The van der Waals surface area contributed by atoms with E-state index in [4.69, 9.17) is 5.73 Å². The minimum atomic E-state index is -2.91. The zero-order valence-corrected chi connectivity index (χ0v) is 12.5. The average molecular weight is 321 g/mol. The summed E-state index contributed by atoms with van der Waals surface area (Å²) in [5.74, 6) is 0.0232. The molecule has 1 aliphatic rings. The van der Waals surface area contributed by atoms with Gasteiger partial charge in [0.15, 0.2) is 0 Å². The van der Waals surface area contributed by atoms with Gasteiger partial charge in [0.2, 0.25) is 0 Å². The molecule has 21 heavy (non-hydrogen) atoms. The molecule has 0 saturated heterocycles. The van der Waals surface area contributed by atoms with Gasteiger partial charge in [-0.05, 0) is 43.9 Å². The van der Waals surface area contributed by atoms with Crippen molar-refractivity contribution >= 4 is 18.3 Å². The van der Waals surface area contributed by atoms with Gasteiger partial charge in [0.25, 0.3) is 5.91 Å². The van der Waals surface area contributed by atoms with Gasteiger partial charge in [0, 0.05) is 12.1 Å². The lowest BCUT2D eigenvalue weighted by Crippen LogP contribution is -2.53. The number of ether oxygens (including phenoxy) is 1. The fourth-order valence-corrected chi connectivity index (χ4v) is 2.19. The predicted octanol–water partition coefficient (Wildman–Crippen LogP) is 2.57. The van der Waals surface area contributed by atoms with Crippen LogP contribution in [-0.4, -0.2) is 24.6 Å². The molecule has 0 aromatic heterocycles. The van der Waals surface area contributed by atoms with Crippen LogP contribution in [0.3, 0.4) is 0 Å². The Morgan fingerprint density at radius 3 is 2.71 bits per heavy atom. The molecule has 7 heteroatoms. The quantitative estimate of drug-likeness (QED) is 0.846. The second-order valence-electron chi connectivity index (χ2n) is 5.26. The highest BCUT2D eigenvalue weighted by molar-refractivity contribution is 5.95. The number of benzene rings is 1. The van der Waals surface area contributed by atoms with Gasteiger partial charge in [-0.1, -0.05) is 6.07 Å². The molecule has 1 aromatic carbocycles. The Hall–Kier alpha value is -1.40. The maximum absolute atomic E-state index is 12.2. The van der Waals surface area contributed by atoms with E-state index >= 15 is 0 Å². The van der Waals surface area contributed by atoms with Crippen molar-refractivity contribution < 1.29 is 18.3 Å². The summed E-state index contributed by atoms with van der Waals surface area (Å²) in [5, 5.41) is 2.89. The summed E-state index contributed by atoms with van der Waals surface area (Å²) >= 11 is 0. The first kappa shape index (κ1) is 17.7. The first-order valence-electron chi connectivity index (χ1n) is 6.52. The van der Waals surface area contributed by atoms with Crippen molar-refractivity contribution in [1.82, 2.24) is 5.32 Å². The molecule has 118 valence electrons. The predicted molar refractivity (Wildman–Crippen MR) is 78.0 cm³/mol. The number of hydrogen-bond donors (Lipinski definition) is 2. The van der Waals surface area contributed by atoms with Gasteiger partial charge in [-0.3, -0.25) is 4.79 Å². The number of nitrogens with one attached hydrogen (secondary N) is 1. The molecular formula is C14H19ClF2N2O2. The standard InChI is InChI=1S/C14H18F2N2O2.ClH/c1-14(8-17,10-5-6-10)18-12(19)9-3-2-4-11(7-9)20-13(15)16;/h2-4,7,10,13H,5-6,8,17H2,1H3,(H,18,19);1H. The van der Waals surface area contributed by atoms with E-state index in [0.29, 0.717) is 12.5 Å². The van der Waals surface area contributed by atoms with Gasteiger partial charge in [0.1, 0.15) is 5.75 Å². The van der Waals surface area contributed by atoms with E-state index in [1.165, 1.54) is 18.2 Å². The van der Waals surface area contributed by atoms with E-state index in [2.05, 4.69) is 10.1 Å². The summed E-state index contributed by atoms with van der Waals surface area (Å²) in [6, 6.07) is 5.73. The lowest BCUT2D eigenvalue weighted by atomic mass is 9.95. The highest BCUT2D eigenvalue weighted by Gasteiger charge is 2.41. The first-order valence-corrected chi connectivity index (χ1v) is 6.52. The third kappa shape index (κ3) is 4.54. The minimum absolute atomic E-state index is 0. The maximum atomic E-state index is 12.2. The van der Waals surface area contributed by atoms with E-state index in [9.17, 15) is 13.6 Å². The fraction of sp³-hybridized carbons (Fsp3) is 0.500. The van der Waals surface area contributed by atoms with Crippen LogP contribution >= 0.6 is 12.4 Å². The van der Waals surface area contributed by atoms with E-state index in [-0.39, 0.29) is 29.6 Å². The fourth-order valence-electron chi connectivity index (χ4n) is 2.19. The molecule has 1 aromatic rings. The van der Waals surface area contributed by atoms with E-state index in [1.54, 1.807) is 6.07 Å². The number of alkyl halides is 2. The normalized spacial score (nSPS) is 16.8. The largest absolute Gasteiger partial charge is 0.435 e. The summed E-state index contributed by atoms with van der Waals surface area (Å²) in [6.45, 7) is -0.660. The lowest BCUT2D eigenvalue weighted by molar-refractivity contribution is -0.0498. The molecule has 2 rings (SSSR count). The Labute approximate surface area is 128 Å². The number of hydrogen-bond acceptors (Lipinski definition) is 3. The van der Waals surface area contributed by atoms with Gasteiger partial charge in [0.05, 0.1) is 5.54 Å². The van der Waals surface area contributed by atoms with Crippen LogP contribution in [0.15, 0.2) is 24.3 Å². The molecule has 4 nitrogen and oxygen atoms in total. The molecule has 1 saturated carbocycles. The van der Waals surface area contributed by atoms with Crippen LogP contribution in [0.2, 0.25) is 0 Å². The van der Waals surface area contributed by atoms with Crippen LogP contribution in [0.4, 0.5) is 8.78 Å². The molecule has 0 spiro atoms. The molecule has 0 aliphatic heterocycles. The van der Waals surface area contributed by atoms with Crippen molar-refractivity contribution in [2.45, 2.75) is 31.9 Å². The lowest BCUT2D eigenvalue weighted by Gasteiger charge is -2.29. The van der Waals surface area contributed by atoms with Crippen molar-refractivity contribution in [3.63, 3.8) is 0 Å². The smallest absolute Gasteiger partial charge is 0.387 e. The molecule has 0 radical (unpaired) electrons. The zero-order chi connectivity index (χ0) is 14.8. The van der Waals surface area contributed by atoms with E-state index in [0.717, 1.165) is 12.8 Å². The summed E-state index contributed by atoms with van der Waals surface area (Å²) in [6.07, 6.45) is 2.09. The molecular weight excluding hydrogens is 302 g/mol. The van der Waals surface area contributed by atoms with Crippen LogP contribution in [-0.2, 0) is 0 Å². The number of rotatable bonds is 6. The Morgan fingerprint density at radius 2 is 2.19 bits per heavy atom. The second kappa shape index (κ2) is 7.04. The molecule has 3 N–H and O–H groups in total. The summed E-state index contributed by atoms with van der Waals surface area (Å²) in [5.41, 5.74) is 5.56. The van der Waals surface area contributed by atoms with E-state index < -0.39 is 12.2 Å². The Balaban J connectivity index is 0.00000220. The van der Waals surface area contributed by atoms with Gasteiger partial charge < -0.3 is 15.8 Å². The van der Waals surface area contributed by atoms with Crippen molar-refractivity contribution in [2.75, 3.05) is 6.54 Å². The van der Waals surface area contributed by atoms with Gasteiger partial charge in [-0.15, -0.1) is 12.4 Å². The third-order valence-electron chi connectivity index (χ3n) is 3.62. The molecule has 1 atom stereocenters. The Morgan fingerprint density at radius 1 is 1.52 bits per heavy atom. The molecule has 1 unspecified atom stereocenters. The number of carbonyl (C=O) groups excluding carboxylic acids is 1. The van der Waals surface area contributed by atoms with Crippen molar-refractivity contribution in [3.05, 3.63) is 29.8 Å². The average Bonchev–Trinajstić information content (AvgIpc) is 3.22. The number of halogens is 3. The molecule has 0 heterocycles. The van der Waals surface area contributed by atoms with Crippen LogP contribution in [0.5, 0.6) is 5.75 Å². The highest BCUT2D eigenvalue weighted by atomic mass is 35.5. The summed E-state index contributed by atoms with van der Waals surface area (Å²) in [4.78, 5) is 12.2. The topological polar surface area (TPSA) is 64.3 Å². The number of nitrogens with two attached hydrogens (primary N) is 1. The van der Waals surface area contributed by atoms with Crippen LogP contribution in [0.1, 0.15) is 30.1 Å². The SMILES string of the molecule is CC(CN)(NC(=O)c1cccc(OC(F)F)c1)C1CC1.Cl. The first-order chi connectivity index (χ1) is 9.44. The number of carbonyl (C=O) groups is 1. The van der Waals surface area contributed by atoms with Crippen LogP contribution in [0.25, 0.3) is 0 Å².